The molecule has 1 aliphatic rings. The van der Waals surface area contributed by atoms with E-state index in [2.05, 4.69) is 24.2 Å². The molecule has 0 radical (unpaired) electrons. The fraction of sp³-hybridized carbons (Fsp3) is 1.00. The van der Waals surface area contributed by atoms with Crippen LogP contribution in [-0.4, -0.2) is 37.6 Å². The molecule has 1 aliphatic heterocycles. The van der Waals surface area contributed by atoms with Crippen LogP contribution in [0.4, 0.5) is 0 Å². The van der Waals surface area contributed by atoms with Gasteiger partial charge in [0.15, 0.2) is 0 Å². The molecular weight excluding hydrogens is 124 g/mol. The van der Waals surface area contributed by atoms with E-state index in [1.165, 1.54) is 19.4 Å². The van der Waals surface area contributed by atoms with Crippen LogP contribution in [0.25, 0.3) is 0 Å². The summed E-state index contributed by atoms with van der Waals surface area (Å²) in [5, 5.41) is 3.30. The maximum absolute atomic E-state index is 3.30. The van der Waals surface area contributed by atoms with E-state index in [-0.39, 0.29) is 1.43 Å². The lowest BCUT2D eigenvalue weighted by Gasteiger charge is -2.25. The van der Waals surface area contributed by atoms with Gasteiger partial charge in [-0.05, 0) is 40.4 Å². The molecule has 0 saturated carbocycles. The maximum atomic E-state index is 3.30. The predicted octanol–water partition coefficient (Wildman–Crippen LogP) is 0.935. The number of hydrogen-bond donors (Lipinski definition) is 1. The summed E-state index contributed by atoms with van der Waals surface area (Å²) >= 11 is 0. The highest BCUT2D eigenvalue weighted by molar-refractivity contribution is 4.83. The number of hydrogen-bond acceptors (Lipinski definition) is 2. The predicted molar refractivity (Wildman–Crippen MR) is 46.3 cm³/mol. The van der Waals surface area contributed by atoms with Gasteiger partial charge in [0.2, 0.25) is 0 Å². The molecule has 1 heterocycles. The van der Waals surface area contributed by atoms with E-state index in [1.807, 2.05) is 7.05 Å². The Morgan fingerprint density at radius 3 is 2.80 bits per heavy atom. The van der Waals surface area contributed by atoms with Crippen LogP contribution in [0.1, 0.15) is 21.2 Å². The van der Waals surface area contributed by atoms with Crippen LogP contribution in [0.5, 0.6) is 0 Å². The molecule has 1 fully saturated rings. The third kappa shape index (κ3) is 1.50. The molecular formula is C8H20N2. The molecule has 1 N–H and O–H groups in total. The molecule has 0 aromatic heterocycles. The number of nitrogens with one attached hydrogen (secondary N) is 1. The molecule has 2 unspecified atom stereocenters. The molecule has 0 aromatic rings. The first kappa shape index (κ1) is 8.02. The van der Waals surface area contributed by atoms with E-state index < -0.39 is 0 Å². The quantitative estimate of drug-likeness (QED) is 0.620. The minimum absolute atomic E-state index is 0. The van der Waals surface area contributed by atoms with Crippen molar-refractivity contribution in [2.45, 2.75) is 31.8 Å². The Bertz CT molecular complexity index is 108. The van der Waals surface area contributed by atoms with Gasteiger partial charge in [0.25, 0.3) is 0 Å². The number of likely N-dealkylation sites (tertiary alicyclic amines) is 1. The topological polar surface area (TPSA) is 15.3 Å². The van der Waals surface area contributed by atoms with Crippen molar-refractivity contribution in [1.82, 2.24) is 10.2 Å². The summed E-state index contributed by atoms with van der Waals surface area (Å²) in [6.07, 6.45) is 2.73. The van der Waals surface area contributed by atoms with Crippen molar-refractivity contribution in [3.63, 3.8) is 0 Å². The Balaban J connectivity index is 0.000001000. The zero-order valence-corrected chi connectivity index (χ0v) is 7.22. The van der Waals surface area contributed by atoms with Gasteiger partial charge in [-0.3, -0.25) is 0 Å². The fourth-order valence-corrected chi connectivity index (χ4v) is 1.76. The number of rotatable bonds is 2. The Morgan fingerprint density at radius 1 is 1.70 bits per heavy atom. The second kappa shape index (κ2) is 3.35. The minimum atomic E-state index is 0. The van der Waals surface area contributed by atoms with Gasteiger partial charge in [0, 0.05) is 13.5 Å². The van der Waals surface area contributed by atoms with Crippen LogP contribution in [0.15, 0.2) is 0 Å². The third-order valence-electron chi connectivity index (χ3n) is 2.61. The highest BCUT2D eigenvalue weighted by Gasteiger charge is 2.24. The lowest BCUT2D eigenvalue weighted by atomic mass is 10.1. The SMILES string of the molecule is CNC(C)C1CCCN1C.[HH]. The van der Waals surface area contributed by atoms with E-state index in [0.717, 1.165) is 6.04 Å². The number of likely N-dealkylation sites (N-methyl/N-ethyl adjacent to an activating group) is 2. The second-order valence-electron chi connectivity index (χ2n) is 3.27. The lowest BCUT2D eigenvalue weighted by Crippen LogP contribution is -2.41. The zero-order chi connectivity index (χ0) is 7.56. The summed E-state index contributed by atoms with van der Waals surface area (Å²) in [4.78, 5) is 2.45. The minimum Gasteiger partial charge on any atom is -0.316 e. The normalized spacial score (nSPS) is 30.9. The standard InChI is InChI=1S/C8H18N2.H2/c1-7(9-2)8-5-4-6-10(8)3;/h7-9H,4-6H2,1-3H3;1H. The van der Waals surface area contributed by atoms with Crippen molar-refractivity contribution < 1.29 is 1.43 Å². The molecule has 1 saturated heterocycles. The molecule has 0 bridgehead atoms. The van der Waals surface area contributed by atoms with Crippen LogP contribution < -0.4 is 5.32 Å². The Labute approximate surface area is 65.1 Å². The van der Waals surface area contributed by atoms with Crippen molar-refractivity contribution in [1.29, 1.82) is 0 Å². The van der Waals surface area contributed by atoms with Crippen molar-refractivity contribution >= 4 is 0 Å². The molecule has 2 nitrogen and oxygen atoms in total. The number of nitrogens with zero attached hydrogens (tertiary/aromatic N) is 1. The van der Waals surface area contributed by atoms with Crippen molar-refractivity contribution in [3.05, 3.63) is 0 Å². The van der Waals surface area contributed by atoms with Crippen LogP contribution in [0, 0.1) is 0 Å². The highest BCUT2D eigenvalue weighted by atomic mass is 15.2. The lowest BCUT2D eigenvalue weighted by molar-refractivity contribution is 0.261. The van der Waals surface area contributed by atoms with Crippen LogP contribution in [0.3, 0.4) is 0 Å². The van der Waals surface area contributed by atoms with Gasteiger partial charge in [0.05, 0.1) is 0 Å². The smallest absolute Gasteiger partial charge is 0.0243 e. The van der Waals surface area contributed by atoms with Gasteiger partial charge in [-0.2, -0.15) is 0 Å². The largest absolute Gasteiger partial charge is 0.316 e. The Hall–Kier alpha value is -0.0800. The first-order valence-corrected chi connectivity index (χ1v) is 4.13. The van der Waals surface area contributed by atoms with E-state index in [9.17, 15) is 0 Å². The molecule has 0 aliphatic carbocycles. The summed E-state index contributed by atoms with van der Waals surface area (Å²) in [5.74, 6) is 0. The fourth-order valence-electron chi connectivity index (χ4n) is 1.76. The summed E-state index contributed by atoms with van der Waals surface area (Å²) in [6.45, 7) is 3.53. The average molecular weight is 144 g/mol. The Morgan fingerprint density at radius 2 is 2.40 bits per heavy atom. The van der Waals surface area contributed by atoms with Gasteiger partial charge >= 0.3 is 0 Å². The Kier molecular flexibility index (Phi) is 2.69. The average Bonchev–Trinajstić information content (AvgIpc) is 2.34. The molecule has 1 rings (SSSR count). The molecule has 0 spiro atoms. The first-order valence-electron chi connectivity index (χ1n) is 4.13. The van der Waals surface area contributed by atoms with Gasteiger partial charge < -0.3 is 10.2 Å². The summed E-state index contributed by atoms with van der Waals surface area (Å²) in [7, 11) is 4.25. The zero-order valence-electron chi connectivity index (χ0n) is 7.22. The van der Waals surface area contributed by atoms with E-state index in [0.29, 0.717) is 6.04 Å². The molecule has 0 amide bonds. The van der Waals surface area contributed by atoms with Crippen LogP contribution in [-0.2, 0) is 0 Å². The molecule has 2 atom stereocenters. The van der Waals surface area contributed by atoms with Gasteiger partial charge in [0.1, 0.15) is 0 Å². The van der Waals surface area contributed by atoms with Gasteiger partial charge in [-0.15, -0.1) is 0 Å². The van der Waals surface area contributed by atoms with Crippen molar-refractivity contribution in [2.75, 3.05) is 20.6 Å². The second-order valence-corrected chi connectivity index (χ2v) is 3.27. The molecule has 10 heavy (non-hydrogen) atoms. The van der Waals surface area contributed by atoms with E-state index in [4.69, 9.17) is 0 Å². The molecule has 0 aromatic carbocycles. The monoisotopic (exact) mass is 144 g/mol. The summed E-state index contributed by atoms with van der Waals surface area (Å²) in [5.41, 5.74) is 0. The third-order valence-corrected chi connectivity index (χ3v) is 2.61. The van der Waals surface area contributed by atoms with Gasteiger partial charge in [-0.1, -0.05) is 0 Å². The molecule has 2 heteroatoms. The first-order chi connectivity index (χ1) is 4.75. The summed E-state index contributed by atoms with van der Waals surface area (Å²) < 4.78 is 0. The van der Waals surface area contributed by atoms with Crippen molar-refractivity contribution in [2.24, 2.45) is 0 Å². The van der Waals surface area contributed by atoms with Crippen LogP contribution in [0.2, 0.25) is 0 Å². The van der Waals surface area contributed by atoms with E-state index >= 15 is 0 Å². The van der Waals surface area contributed by atoms with Crippen LogP contribution >= 0.6 is 0 Å². The van der Waals surface area contributed by atoms with Gasteiger partial charge in [-0.25, -0.2) is 0 Å². The molecule has 62 valence electrons. The summed E-state index contributed by atoms with van der Waals surface area (Å²) in [6, 6.07) is 1.41. The van der Waals surface area contributed by atoms with Crippen molar-refractivity contribution in [3.8, 4) is 0 Å². The highest BCUT2D eigenvalue weighted by Crippen LogP contribution is 2.17. The maximum Gasteiger partial charge on any atom is 0.0243 e. The van der Waals surface area contributed by atoms with E-state index in [1.54, 1.807) is 0 Å².